The molecule has 2 atom stereocenters. The molecule has 180 valence electrons. The molecule has 3 aliphatic rings. The number of nitrogens with zero attached hydrogens (tertiary/aromatic N) is 2. The van der Waals surface area contributed by atoms with E-state index in [1.807, 2.05) is 13.1 Å². The van der Waals surface area contributed by atoms with E-state index in [1.165, 1.54) is 0 Å². The number of hydrogen-bond acceptors (Lipinski definition) is 5. The summed E-state index contributed by atoms with van der Waals surface area (Å²) in [5, 5.41) is 7.12. The van der Waals surface area contributed by atoms with Gasteiger partial charge in [0.25, 0.3) is 5.91 Å². The van der Waals surface area contributed by atoms with Crippen molar-refractivity contribution in [2.24, 2.45) is 5.92 Å². The van der Waals surface area contributed by atoms with E-state index in [2.05, 4.69) is 10.4 Å². The lowest BCUT2D eigenvalue weighted by Crippen LogP contribution is -2.32. The Balaban J connectivity index is 1.48. The normalized spacial score (nSPS) is 23.4. The fraction of sp³-hybridized carbons (Fsp3) is 0.652. The van der Waals surface area contributed by atoms with Crippen LogP contribution >= 0.6 is 0 Å². The second-order valence-electron chi connectivity index (χ2n) is 9.26. The van der Waals surface area contributed by atoms with Crippen molar-refractivity contribution in [3.8, 4) is 11.3 Å². The van der Waals surface area contributed by atoms with Gasteiger partial charge in [0.2, 0.25) is 5.76 Å². The van der Waals surface area contributed by atoms with Gasteiger partial charge in [-0.2, -0.15) is 18.3 Å². The third-order valence-electron chi connectivity index (χ3n) is 6.82. The highest BCUT2D eigenvalue weighted by molar-refractivity contribution is 5.96. The number of hydrogen-bond donors (Lipinski definition) is 1. The first-order valence-electron chi connectivity index (χ1n) is 11.6. The highest BCUT2D eigenvalue weighted by atomic mass is 19.4. The molecular weight excluding hydrogens is 439 g/mol. The number of aromatic nitrogens is 2. The van der Waals surface area contributed by atoms with Crippen LogP contribution in [0.4, 0.5) is 13.2 Å². The van der Waals surface area contributed by atoms with E-state index in [0.717, 1.165) is 31.2 Å². The summed E-state index contributed by atoms with van der Waals surface area (Å²) in [5.74, 6) is -1.08. The Morgan fingerprint density at radius 3 is 2.73 bits per heavy atom. The minimum absolute atomic E-state index is 0.0639. The van der Waals surface area contributed by atoms with Gasteiger partial charge in [-0.25, -0.2) is 0 Å². The van der Waals surface area contributed by atoms with Crippen LogP contribution in [0.5, 0.6) is 0 Å². The van der Waals surface area contributed by atoms with Gasteiger partial charge in [-0.05, 0) is 37.5 Å². The summed E-state index contributed by atoms with van der Waals surface area (Å²) in [5.41, 5.74) is -0.104. The molecule has 2 aromatic rings. The lowest BCUT2D eigenvalue weighted by atomic mass is 9.86. The van der Waals surface area contributed by atoms with Crippen LogP contribution in [0.25, 0.3) is 11.3 Å². The molecule has 0 spiro atoms. The highest BCUT2D eigenvalue weighted by Crippen LogP contribution is 2.48. The second-order valence-corrected chi connectivity index (χ2v) is 9.26. The van der Waals surface area contributed by atoms with E-state index in [9.17, 15) is 18.0 Å². The number of fused-ring (bicyclic) bond motifs is 3. The molecule has 0 bridgehead atoms. The zero-order valence-corrected chi connectivity index (χ0v) is 18.5. The number of halogens is 3. The quantitative estimate of drug-likeness (QED) is 0.715. The molecule has 2 aromatic heterocycles. The maximum Gasteiger partial charge on any atom is 0.420 e. The Labute approximate surface area is 189 Å². The van der Waals surface area contributed by atoms with Crippen LogP contribution in [-0.2, 0) is 28.6 Å². The van der Waals surface area contributed by atoms with Crippen molar-refractivity contribution in [2.45, 2.75) is 63.8 Å². The molecule has 2 aliphatic heterocycles. The number of carbonyl (C=O) groups excluding carboxylic acids is 1. The fourth-order valence-electron chi connectivity index (χ4n) is 5.06. The molecule has 4 heterocycles. The summed E-state index contributed by atoms with van der Waals surface area (Å²) >= 11 is 0. The number of alkyl halides is 3. The Morgan fingerprint density at radius 2 is 2.03 bits per heavy atom. The fourth-order valence-corrected chi connectivity index (χ4v) is 5.06. The molecule has 0 saturated carbocycles. The first kappa shape index (κ1) is 22.5. The topological polar surface area (TPSA) is 78.5 Å². The molecule has 2 saturated heterocycles. The molecule has 7 nitrogen and oxygen atoms in total. The van der Waals surface area contributed by atoms with Crippen molar-refractivity contribution in [3.63, 3.8) is 0 Å². The van der Waals surface area contributed by atoms with Crippen LogP contribution in [0.15, 0.2) is 10.6 Å². The Morgan fingerprint density at radius 1 is 1.24 bits per heavy atom. The Kier molecular flexibility index (Phi) is 5.98. The zero-order chi connectivity index (χ0) is 23.2. The molecule has 1 aliphatic carbocycles. The van der Waals surface area contributed by atoms with Gasteiger partial charge in [-0.3, -0.25) is 9.48 Å². The molecule has 2 fully saturated rings. The van der Waals surface area contributed by atoms with E-state index >= 15 is 0 Å². The van der Waals surface area contributed by atoms with Crippen molar-refractivity contribution < 1.29 is 31.9 Å². The van der Waals surface area contributed by atoms with Crippen molar-refractivity contribution in [3.05, 3.63) is 28.8 Å². The highest BCUT2D eigenvalue weighted by Gasteiger charge is 2.46. The third kappa shape index (κ3) is 4.42. The van der Waals surface area contributed by atoms with Gasteiger partial charge in [0.05, 0.1) is 17.4 Å². The molecule has 0 aromatic carbocycles. The standard InChI is InChI=1S/C23H28F3N3O4/c1-13-9-17-18(20-16(13)12-29(28-20)11-14-4-7-31-8-5-14)19(23(24,25)26)21(33-17)22(30)27-10-15-3-2-6-32-15/h12-15H,2-11H2,1H3,(H,27,30)/t13-,15+/m1/s1. The number of furan rings is 1. The van der Waals surface area contributed by atoms with Crippen LogP contribution in [0.3, 0.4) is 0 Å². The lowest BCUT2D eigenvalue weighted by Gasteiger charge is -2.21. The van der Waals surface area contributed by atoms with Crippen molar-refractivity contribution in [1.29, 1.82) is 0 Å². The summed E-state index contributed by atoms with van der Waals surface area (Å²) in [4.78, 5) is 12.8. The maximum absolute atomic E-state index is 14.2. The van der Waals surface area contributed by atoms with Crippen LogP contribution in [0, 0.1) is 5.92 Å². The van der Waals surface area contributed by atoms with Crippen molar-refractivity contribution >= 4 is 5.91 Å². The SMILES string of the molecule is C[C@@H]1Cc2oc(C(=O)NC[C@@H]3CCCO3)c(C(F)(F)F)c2-c2nn(CC3CCOCC3)cc21. The van der Waals surface area contributed by atoms with Crippen LogP contribution in [0.2, 0.25) is 0 Å². The van der Waals surface area contributed by atoms with E-state index in [1.54, 1.807) is 4.68 Å². The predicted octanol–water partition coefficient (Wildman–Crippen LogP) is 4.16. The maximum atomic E-state index is 14.2. The largest absolute Gasteiger partial charge is 0.455 e. The zero-order valence-electron chi connectivity index (χ0n) is 18.5. The van der Waals surface area contributed by atoms with Gasteiger partial charge >= 0.3 is 6.18 Å². The van der Waals surface area contributed by atoms with E-state index in [4.69, 9.17) is 13.9 Å². The van der Waals surface area contributed by atoms with Crippen LogP contribution < -0.4 is 5.32 Å². The summed E-state index contributed by atoms with van der Waals surface area (Å²) in [6.07, 6.45) is 0.652. The summed E-state index contributed by atoms with van der Waals surface area (Å²) < 4.78 is 60.9. The van der Waals surface area contributed by atoms with Crippen molar-refractivity contribution in [1.82, 2.24) is 15.1 Å². The molecule has 0 unspecified atom stereocenters. The monoisotopic (exact) mass is 467 g/mol. The molecule has 5 rings (SSSR count). The first-order chi connectivity index (χ1) is 15.8. The van der Waals surface area contributed by atoms with Gasteiger partial charge in [0.1, 0.15) is 11.3 Å². The van der Waals surface area contributed by atoms with E-state index in [-0.39, 0.29) is 42.0 Å². The lowest BCUT2D eigenvalue weighted by molar-refractivity contribution is -0.137. The average Bonchev–Trinajstić information content (AvgIpc) is 3.50. The number of rotatable bonds is 5. The minimum Gasteiger partial charge on any atom is -0.455 e. The average molecular weight is 467 g/mol. The molecule has 1 N–H and O–H groups in total. The molecule has 0 radical (unpaired) electrons. The van der Waals surface area contributed by atoms with Gasteiger partial charge in [-0.1, -0.05) is 6.92 Å². The first-order valence-corrected chi connectivity index (χ1v) is 11.6. The number of nitrogens with one attached hydrogen (secondary N) is 1. The molecule has 33 heavy (non-hydrogen) atoms. The summed E-state index contributed by atoms with van der Waals surface area (Å²) in [6.45, 7) is 4.71. The Bertz CT molecular complexity index is 1020. The second kappa shape index (κ2) is 8.79. The Hall–Kier alpha value is -2.33. The molecular formula is C23H28F3N3O4. The predicted molar refractivity (Wildman–Crippen MR) is 112 cm³/mol. The number of carbonyl (C=O) groups is 1. The van der Waals surface area contributed by atoms with Gasteiger partial charge in [-0.15, -0.1) is 0 Å². The van der Waals surface area contributed by atoms with Crippen molar-refractivity contribution in [2.75, 3.05) is 26.4 Å². The van der Waals surface area contributed by atoms with Crippen LogP contribution in [-0.4, -0.2) is 48.2 Å². The number of amides is 1. The van der Waals surface area contributed by atoms with Crippen LogP contribution in [0.1, 0.15) is 66.0 Å². The molecule has 1 amide bonds. The smallest absolute Gasteiger partial charge is 0.420 e. The third-order valence-corrected chi connectivity index (χ3v) is 6.82. The summed E-state index contributed by atoms with van der Waals surface area (Å²) in [7, 11) is 0. The summed E-state index contributed by atoms with van der Waals surface area (Å²) in [6, 6.07) is 0. The minimum atomic E-state index is -4.75. The van der Waals surface area contributed by atoms with E-state index in [0.29, 0.717) is 32.3 Å². The van der Waals surface area contributed by atoms with Gasteiger partial charge < -0.3 is 19.2 Å². The van der Waals surface area contributed by atoms with E-state index < -0.39 is 23.4 Å². The van der Waals surface area contributed by atoms with Gasteiger partial charge in [0, 0.05) is 51.1 Å². The number of ether oxygens (including phenoxy) is 2. The van der Waals surface area contributed by atoms with Gasteiger partial charge in [0.15, 0.2) is 0 Å². The molecule has 10 heteroatoms.